The first-order chi connectivity index (χ1) is 15.1. The van der Waals surface area contributed by atoms with Gasteiger partial charge in [0.05, 0.1) is 5.69 Å². The van der Waals surface area contributed by atoms with Gasteiger partial charge in [0.1, 0.15) is 0 Å². The van der Waals surface area contributed by atoms with Crippen LogP contribution in [-0.4, -0.2) is 35.7 Å². The van der Waals surface area contributed by atoms with E-state index in [9.17, 15) is 4.79 Å². The molecule has 2 heterocycles. The summed E-state index contributed by atoms with van der Waals surface area (Å²) in [6.45, 7) is 4.34. The number of piperidine rings is 1. The van der Waals surface area contributed by atoms with Crippen molar-refractivity contribution < 1.29 is 4.79 Å². The summed E-state index contributed by atoms with van der Waals surface area (Å²) in [6.07, 6.45) is 2.47. The minimum atomic E-state index is 0.0565. The van der Waals surface area contributed by atoms with E-state index in [-0.39, 0.29) is 11.8 Å². The molecule has 1 N–H and O–H groups in total. The van der Waals surface area contributed by atoms with Crippen molar-refractivity contribution in [2.75, 3.05) is 24.5 Å². The molecule has 1 amide bonds. The lowest BCUT2D eigenvalue weighted by Crippen LogP contribution is -2.41. The average Bonchev–Trinajstić information content (AvgIpc) is 2.80. The van der Waals surface area contributed by atoms with Crippen LogP contribution in [0.5, 0.6) is 0 Å². The first-order valence-electron chi connectivity index (χ1n) is 10.8. The molecular formula is C25H27ClN4O. The Morgan fingerprint density at radius 2 is 1.84 bits per heavy atom. The number of aryl methyl sites for hydroxylation is 1. The van der Waals surface area contributed by atoms with Crippen molar-refractivity contribution in [3.05, 3.63) is 76.8 Å². The third-order valence-electron chi connectivity index (χ3n) is 5.78. The zero-order valence-corrected chi connectivity index (χ0v) is 18.5. The molecule has 0 radical (unpaired) electrons. The van der Waals surface area contributed by atoms with Crippen LogP contribution in [0.15, 0.2) is 60.7 Å². The van der Waals surface area contributed by atoms with Gasteiger partial charge >= 0.3 is 0 Å². The van der Waals surface area contributed by atoms with Crippen LogP contribution in [0, 0.1) is 12.8 Å². The zero-order valence-electron chi connectivity index (χ0n) is 17.7. The maximum Gasteiger partial charge on any atom is 0.223 e. The number of anilines is 1. The fraction of sp³-hybridized carbons (Fsp3) is 0.320. The van der Waals surface area contributed by atoms with Gasteiger partial charge in [0.2, 0.25) is 5.91 Å². The van der Waals surface area contributed by atoms with Crippen LogP contribution in [0.2, 0.25) is 5.02 Å². The lowest BCUT2D eigenvalue weighted by molar-refractivity contribution is -0.125. The van der Waals surface area contributed by atoms with E-state index < -0.39 is 0 Å². The van der Waals surface area contributed by atoms with E-state index >= 15 is 0 Å². The highest BCUT2D eigenvalue weighted by Crippen LogP contribution is 2.24. The lowest BCUT2D eigenvalue weighted by Gasteiger charge is -2.31. The Kier molecular flexibility index (Phi) is 6.82. The Hall–Kier alpha value is -2.92. The molecule has 1 aliphatic rings. The summed E-state index contributed by atoms with van der Waals surface area (Å²) in [5, 5.41) is 12.7. The Morgan fingerprint density at radius 3 is 2.52 bits per heavy atom. The number of rotatable bonds is 6. The molecule has 1 fully saturated rings. The standard InChI is InChI=1S/C25H27ClN4O/c1-18-3-2-4-21(17-18)23-9-10-24(29-28-23)30-15-12-20(13-16-30)25(31)27-14-11-19-5-7-22(26)8-6-19/h2-10,17,20H,11-16H2,1H3,(H,27,31). The number of nitrogens with zero attached hydrogens (tertiary/aromatic N) is 3. The van der Waals surface area contributed by atoms with Crippen molar-refractivity contribution >= 4 is 23.3 Å². The first kappa shape index (κ1) is 21.3. The Balaban J connectivity index is 1.25. The molecule has 0 bridgehead atoms. The lowest BCUT2D eigenvalue weighted by atomic mass is 9.96. The molecule has 6 heteroatoms. The van der Waals surface area contributed by atoms with Crippen LogP contribution in [0.3, 0.4) is 0 Å². The van der Waals surface area contributed by atoms with Gasteiger partial charge in [-0.15, -0.1) is 10.2 Å². The number of nitrogens with one attached hydrogen (secondary N) is 1. The van der Waals surface area contributed by atoms with E-state index in [1.54, 1.807) is 0 Å². The molecule has 3 aromatic rings. The van der Waals surface area contributed by atoms with Crippen LogP contribution in [0.1, 0.15) is 24.0 Å². The van der Waals surface area contributed by atoms with E-state index in [2.05, 4.69) is 39.5 Å². The second-order valence-electron chi connectivity index (χ2n) is 8.08. The molecular weight excluding hydrogens is 408 g/mol. The molecule has 5 nitrogen and oxygen atoms in total. The summed E-state index contributed by atoms with van der Waals surface area (Å²) < 4.78 is 0. The Labute approximate surface area is 188 Å². The molecule has 160 valence electrons. The van der Waals surface area contributed by atoms with Crippen LogP contribution in [-0.2, 0) is 11.2 Å². The largest absolute Gasteiger partial charge is 0.356 e. The van der Waals surface area contributed by atoms with E-state index in [0.29, 0.717) is 6.54 Å². The number of hydrogen-bond donors (Lipinski definition) is 1. The summed E-state index contributed by atoms with van der Waals surface area (Å²) >= 11 is 5.91. The normalized spacial score (nSPS) is 14.5. The molecule has 0 unspecified atom stereocenters. The van der Waals surface area contributed by atoms with Crippen molar-refractivity contribution in [2.24, 2.45) is 5.92 Å². The molecule has 0 aliphatic carbocycles. The highest BCUT2D eigenvalue weighted by Gasteiger charge is 2.25. The minimum Gasteiger partial charge on any atom is -0.356 e. The fourth-order valence-electron chi connectivity index (χ4n) is 3.95. The van der Waals surface area contributed by atoms with Crippen molar-refractivity contribution in [3.8, 4) is 11.3 Å². The minimum absolute atomic E-state index is 0.0565. The number of halogens is 1. The summed E-state index contributed by atoms with van der Waals surface area (Å²) in [6, 6.07) is 20.1. The van der Waals surface area contributed by atoms with Crippen LogP contribution in [0.4, 0.5) is 5.82 Å². The third-order valence-corrected chi connectivity index (χ3v) is 6.03. The zero-order chi connectivity index (χ0) is 21.6. The van der Waals surface area contributed by atoms with Gasteiger partial charge in [0.15, 0.2) is 5.82 Å². The summed E-state index contributed by atoms with van der Waals surface area (Å²) in [7, 11) is 0. The summed E-state index contributed by atoms with van der Waals surface area (Å²) in [4.78, 5) is 14.7. The van der Waals surface area contributed by atoms with Gasteiger partial charge in [-0.2, -0.15) is 0 Å². The van der Waals surface area contributed by atoms with Crippen molar-refractivity contribution in [1.82, 2.24) is 15.5 Å². The summed E-state index contributed by atoms with van der Waals surface area (Å²) in [5.74, 6) is 1.08. The number of hydrogen-bond acceptors (Lipinski definition) is 4. The van der Waals surface area contributed by atoms with Crippen molar-refractivity contribution in [3.63, 3.8) is 0 Å². The van der Waals surface area contributed by atoms with Gasteiger partial charge in [-0.3, -0.25) is 4.79 Å². The maximum absolute atomic E-state index is 12.5. The molecule has 1 aliphatic heterocycles. The number of aromatic nitrogens is 2. The van der Waals surface area contributed by atoms with Gasteiger partial charge < -0.3 is 10.2 Å². The highest BCUT2D eigenvalue weighted by atomic mass is 35.5. The van der Waals surface area contributed by atoms with E-state index in [1.807, 2.05) is 48.5 Å². The molecule has 0 saturated carbocycles. The molecule has 0 spiro atoms. The maximum atomic E-state index is 12.5. The highest BCUT2D eigenvalue weighted by molar-refractivity contribution is 6.30. The number of carbonyl (C=O) groups is 1. The quantitative estimate of drug-likeness (QED) is 0.612. The van der Waals surface area contributed by atoms with Gasteiger partial charge in [-0.05, 0) is 62.1 Å². The second kappa shape index (κ2) is 9.92. The third kappa shape index (κ3) is 5.61. The van der Waals surface area contributed by atoms with Crippen LogP contribution in [0.25, 0.3) is 11.3 Å². The molecule has 0 atom stereocenters. The number of benzene rings is 2. The predicted octanol–water partition coefficient (Wildman–Crippen LogP) is 4.68. The van der Waals surface area contributed by atoms with Gasteiger partial charge in [-0.25, -0.2) is 0 Å². The monoisotopic (exact) mass is 434 g/mol. The van der Waals surface area contributed by atoms with Gasteiger partial charge in [0.25, 0.3) is 0 Å². The smallest absolute Gasteiger partial charge is 0.223 e. The van der Waals surface area contributed by atoms with Crippen molar-refractivity contribution in [1.29, 1.82) is 0 Å². The molecule has 1 aromatic heterocycles. The molecule has 4 rings (SSSR count). The first-order valence-corrected chi connectivity index (χ1v) is 11.1. The van der Waals surface area contributed by atoms with Gasteiger partial charge in [-0.1, -0.05) is 47.5 Å². The Bertz CT molecular complexity index is 1010. The Morgan fingerprint density at radius 1 is 1.06 bits per heavy atom. The van der Waals surface area contributed by atoms with Crippen molar-refractivity contribution in [2.45, 2.75) is 26.2 Å². The summed E-state index contributed by atoms with van der Waals surface area (Å²) in [5.41, 5.74) is 4.33. The van der Waals surface area contributed by atoms with Crippen LogP contribution < -0.4 is 10.2 Å². The fourth-order valence-corrected chi connectivity index (χ4v) is 4.07. The molecule has 1 saturated heterocycles. The van der Waals surface area contributed by atoms with Gasteiger partial charge in [0, 0.05) is 36.1 Å². The SMILES string of the molecule is Cc1cccc(-c2ccc(N3CCC(C(=O)NCCc4ccc(Cl)cc4)CC3)nn2)c1. The predicted molar refractivity (Wildman–Crippen MR) is 125 cm³/mol. The number of amides is 1. The second-order valence-corrected chi connectivity index (χ2v) is 8.51. The van der Waals surface area contributed by atoms with E-state index in [0.717, 1.165) is 54.4 Å². The molecule has 31 heavy (non-hydrogen) atoms. The molecule has 2 aromatic carbocycles. The topological polar surface area (TPSA) is 58.1 Å². The van der Waals surface area contributed by atoms with E-state index in [4.69, 9.17) is 11.6 Å². The number of carbonyl (C=O) groups excluding carboxylic acids is 1. The average molecular weight is 435 g/mol. The van der Waals surface area contributed by atoms with E-state index in [1.165, 1.54) is 11.1 Å². The van der Waals surface area contributed by atoms with Crippen LogP contribution >= 0.6 is 11.6 Å².